The molecule has 0 spiro atoms. The van der Waals surface area contributed by atoms with Gasteiger partial charge in [-0.3, -0.25) is 14.4 Å². The lowest BCUT2D eigenvalue weighted by molar-refractivity contribution is -0.145. The van der Waals surface area contributed by atoms with Gasteiger partial charge in [-0.1, -0.05) is 54.6 Å². The van der Waals surface area contributed by atoms with Gasteiger partial charge in [0.2, 0.25) is 11.8 Å². The normalized spacial score (nSPS) is 15.5. The lowest BCUT2D eigenvalue weighted by Gasteiger charge is -2.36. The zero-order valence-corrected chi connectivity index (χ0v) is 22.4. The Morgan fingerprint density at radius 2 is 1.62 bits per heavy atom. The van der Waals surface area contributed by atoms with Gasteiger partial charge in [0.25, 0.3) is 0 Å². The predicted molar refractivity (Wildman–Crippen MR) is 143 cm³/mol. The maximum atomic E-state index is 13.3. The molecule has 1 aliphatic rings. The van der Waals surface area contributed by atoms with Crippen LogP contribution < -0.4 is 10.6 Å². The minimum Gasteiger partial charge on any atom is -0.480 e. The minimum atomic E-state index is -1.29. The molecule has 2 unspecified atom stereocenters. The van der Waals surface area contributed by atoms with Gasteiger partial charge in [-0.15, -0.1) is 0 Å². The number of carboxylic acid groups (broad SMARTS) is 1. The van der Waals surface area contributed by atoms with Crippen LogP contribution in [0.4, 0.5) is 4.79 Å². The molecule has 3 N–H and O–H groups in total. The van der Waals surface area contributed by atoms with Crippen molar-refractivity contribution in [1.29, 1.82) is 0 Å². The van der Waals surface area contributed by atoms with E-state index in [9.17, 15) is 29.1 Å². The van der Waals surface area contributed by atoms with Crippen LogP contribution in [0.2, 0.25) is 0 Å². The Bertz CT molecular complexity index is 1210. The predicted octanol–water partition coefficient (Wildman–Crippen LogP) is 3.09. The molecule has 0 saturated carbocycles. The van der Waals surface area contributed by atoms with E-state index in [-0.39, 0.29) is 50.5 Å². The van der Waals surface area contributed by atoms with Gasteiger partial charge in [0.05, 0.1) is 0 Å². The lowest BCUT2D eigenvalue weighted by Crippen LogP contribution is -2.55. The van der Waals surface area contributed by atoms with Crippen molar-refractivity contribution in [2.45, 2.75) is 70.7 Å². The quantitative estimate of drug-likeness (QED) is 0.395. The summed E-state index contributed by atoms with van der Waals surface area (Å²) in [6.07, 6.45) is -0.652. The average molecular weight is 538 g/mol. The van der Waals surface area contributed by atoms with Crippen LogP contribution in [0.15, 0.2) is 54.6 Å². The van der Waals surface area contributed by atoms with Gasteiger partial charge >= 0.3 is 12.1 Å². The summed E-state index contributed by atoms with van der Waals surface area (Å²) in [5, 5.41) is 14.7. The number of Topliss-reactive ketones (excluding diaryl/α,β-unsaturated/α-hetero) is 1. The van der Waals surface area contributed by atoms with Gasteiger partial charge in [-0.2, -0.15) is 0 Å². The number of carbonyl (C=O) groups excluding carboxylic acids is 4. The fourth-order valence-corrected chi connectivity index (χ4v) is 4.31. The summed E-state index contributed by atoms with van der Waals surface area (Å²) < 4.78 is 5.14. The molecule has 0 saturated heterocycles. The number of carboxylic acids is 1. The number of alkyl carbamates (subject to hydrolysis) is 1. The molecule has 2 atom stereocenters. The highest BCUT2D eigenvalue weighted by Gasteiger charge is 2.36. The number of ether oxygens (including phenoxy) is 1. The molecule has 0 aliphatic carbocycles. The van der Waals surface area contributed by atoms with Crippen molar-refractivity contribution in [1.82, 2.24) is 15.5 Å². The Hall–Kier alpha value is -4.21. The van der Waals surface area contributed by atoms with Crippen LogP contribution in [0.3, 0.4) is 0 Å². The summed E-state index contributed by atoms with van der Waals surface area (Å²) in [4.78, 5) is 64.3. The molecule has 2 aromatic carbocycles. The first-order chi connectivity index (χ1) is 18.4. The molecule has 10 nitrogen and oxygen atoms in total. The van der Waals surface area contributed by atoms with Gasteiger partial charge in [0.15, 0.2) is 5.78 Å². The first kappa shape index (κ1) is 29.3. The Morgan fingerprint density at radius 1 is 0.974 bits per heavy atom. The number of nitrogens with one attached hydrogen (secondary N) is 2. The number of hydrogen-bond acceptors (Lipinski definition) is 6. The number of rotatable bonds is 10. The highest BCUT2D eigenvalue weighted by atomic mass is 16.6. The number of fused-ring (bicyclic) bond motifs is 1. The molecule has 3 rings (SSSR count). The van der Waals surface area contributed by atoms with Crippen molar-refractivity contribution in [3.05, 3.63) is 71.3 Å². The van der Waals surface area contributed by atoms with Crippen LogP contribution in [0.25, 0.3) is 0 Å². The Balaban J connectivity index is 1.67. The largest absolute Gasteiger partial charge is 0.480 e. The van der Waals surface area contributed by atoms with Crippen LogP contribution >= 0.6 is 0 Å². The molecule has 208 valence electrons. The molecule has 0 bridgehead atoms. The number of amides is 3. The van der Waals surface area contributed by atoms with Crippen LogP contribution in [-0.4, -0.2) is 63.9 Å². The van der Waals surface area contributed by atoms with Crippen LogP contribution in [0, 0.1) is 0 Å². The van der Waals surface area contributed by atoms with Crippen molar-refractivity contribution < 1.29 is 33.8 Å². The Morgan fingerprint density at radius 3 is 2.26 bits per heavy atom. The average Bonchev–Trinajstić information content (AvgIpc) is 2.89. The highest BCUT2D eigenvalue weighted by molar-refractivity contribution is 5.98. The number of ketones is 1. The maximum Gasteiger partial charge on any atom is 0.407 e. The van der Waals surface area contributed by atoms with E-state index in [1.165, 1.54) is 4.90 Å². The summed E-state index contributed by atoms with van der Waals surface area (Å²) in [5.74, 6) is -2.42. The molecular formula is C29H35N3O7. The molecule has 2 aromatic rings. The van der Waals surface area contributed by atoms with Gasteiger partial charge in [-0.05, 0) is 38.3 Å². The van der Waals surface area contributed by atoms with Crippen LogP contribution in [0.1, 0.15) is 61.5 Å². The summed E-state index contributed by atoms with van der Waals surface area (Å²) in [7, 11) is 0. The summed E-state index contributed by atoms with van der Waals surface area (Å²) in [5.41, 5.74) is 1.58. The van der Waals surface area contributed by atoms with Gasteiger partial charge < -0.3 is 25.4 Å². The van der Waals surface area contributed by atoms with E-state index >= 15 is 0 Å². The van der Waals surface area contributed by atoms with E-state index in [0.29, 0.717) is 5.56 Å². The molecule has 1 aliphatic heterocycles. The molecule has 0 aromatic heterocycles. The van der Waals surface area contributed by atoms with E-state index in [1.807, 2.05) is 24.3 Å². The fourth-order valence-electron chi connectivity index (χ4n) is 4.31. The molecule has 10 heteroatoms. The van der Waals surface area contributed by atoms with Crippen molar-refractivity contribution in [2.24, 2.45) is 0 Å². The standard InChI is InChI=1S/C29H35N3O7/c1-29(2,3)39-28(38)30-16-15-22(27(36)37)31-26(35)23-17-20-11-7-8-12-21(20)18-32(23)25(34)14-13-24(33)19-9-5-4-6-10-19/h4-12,22-23H,13-18H2,1-3H3,(H,30,38)(H,31,35)(H,36,37). The molecule has 0 fully saturated rings. The molecule has 3 amide bonds. The van der Waals surface area contributed by atoms with Gasteiger partial charge in [0.1, 0.15) is 17.7 Å². The van der Waals surface area contributed by atoms with E-state index in [1.54, 1.807) is 51.1 Å². The number of carbonyl (C=O) groups is 5. The topological polar surface area (TPSA) is 142 Å². The molecule has 0 radical (unpaired) electrons. The summed E-state index contributed by atoms with van der Waals surface area (Å²) >= 11 is 0. The summed E-state index contributed by atoms with van der Waals surface area (Å²) in [6, 6.07) is 13.9. The molecule has 1 heterocycles. The van der Waals surface area contributed by atoms with E-state index in [2.05, 4.69) is 10.6 Å². The molecule has 39 heavy (non-hydrogen) atoms. The first-order valence-corrected chi connectivity index (χ1v) is 12.9. The maximum absolute atomic E-state index is 13.3. The minimum absolute atomic E-state index is 0.0105. The van der Waals surface area contributed by atoms with E-state index < -0.39 is 35.7 Å². The van der Waals surface area contributed by atoms with Gasteiger partial charge in [-0.25, -0.2) is 9.59 Å². The van der Waals surface area contributed by atoms with E-state index in [4.69, 9.17) is 4.74 Å². The number of hydrogen-bond donors (Lipinski definition) is 3. The SMILES string of the molecule is CC(C)(C)OC(=O)NCCC(NC(=O)C1Cc2ccccc2CN1C(=O)CCC(=O)c1ccccc1)C(=O)O. The van der Waals surface area contributed by atoms with Crippen LogP contribution in [-0.2, 0) is 32.1 Å². The third kappa shape index (κ3) is 8.66. The Labute approximate surface area is 227 Å². The smallest absolute Gasteiger partial charge is 0.407 e. The Kier molecular flexibility index (Phi) is 9.81. The number of benzene rings is 2. The number of aliphatic carboxylic acids is 1. The molecular weight excluding hydrogens is 502 g/mol. The zero-order valence-electron chi connectivity index (χ0n) is 22.4. The monoisotopic (exact) mass is 537 g/mol. The van der Waals surface area contributed by atoms with Crippen molar-refractivity contribution in [3.8, 4) is 0 Å². The zero-order chi connectivity index (χ0) is 28.6. The number of nitrogens with zero attached hydrogens (tertiary/aromatic N) is 1. The highest BCUT2D eigenvalue weighted by Crippen LogP contribution is 2.25. The second-order valence-corrected chi connectivity index (χ2v) is 10.4. The third-order valence-electron chi connectivity index (χ3n) is 6.25. The second-order valence-electron chi connectivity index (χ2n) is 10.4. The fraction of sp³-hybridized carbons (Fsp3) is 0.414. The van der Waals surface area contributed by atoms with Crippen LogP contribution in [0.5, 0.6) is 0 Å². The van der Waals surface area contributed by atoms with Gasteiger partial charge in [0, 0.05) is 37.9 Å². The lowest BCUT2D eigenvalue weighted by atomic mass is 9.92. The summed E-state index contributed by atoms with van der Waals surface area (Å²) in [6.45, 7) is 5.26. The first-order valence-electron chi connectivity index (χ1n) is 12.9. The van der Waals surface area contributed by atoms with Crippen molar-refractivity contribution in [3.63, 3.8) is 0 Å². The van der Waals surface area contributed by atoms with E-state index in [0.717, 1.165) is 11.1 Å². The van der Waals surface area contributed by atoms with Crippen molar-refractivity contribution >= 4 is 29.7 Å². The second kappa shape index (κ2) is 13.0. The third-order valence-corrected chi connectivity index (χ3v) is 6.25. The van der Waals surface area contributed by atoms with Crippen molar-refractivity contribution in [2.75, 3.05) is 6.54 Å².